The van der Waals surface area contributed by atoms with Crippen molar-refractivity contribution >= 4 is 27.3 Å². The maximum atomic E-state index is 14.5. The molecule has 0 amide bonds. The van der Waals surface area contributed by atoms with Gasteiger partial charge in [-0.15, -0.1) is 0 Å². The van der Waals surface area contributed by atoms with Crippen molar-refractivity contribution in [3.63, 3.8) is 0 Å². The van der Waals surface area contributed by atoms with Gasteiger partial charge in [0.1, 0.15) is 11.6 Å². The van der Waals surface area contributed by atoms with Gasteiger partial charge < -0.3 is 5.32 Å². The van der Waals surface area contributed by atoms with Crippen LogP contribution in [0.2, 0.25) is 0 Å². The van der Waals surface area contributed by atoms with Gasteiger partial charge in [0.2, 0.25) is 0 Å². The zero-order valence-electron chi connectivity index (χ0n) is 19.1. The Morgan fingerprint density at radius 2 is 1.97 bits per heavy atom. The van der Waals surface area contributed by atoms with Crippen LogP contribution in [0.15, 0.2) is 43.1 Å². The largest absolute Gasteiger partial charge is 0.335 e. The summed E-state index contributed by atoms with van der Waals surface area (Å²) in [5, 5.41) is 7.65. The fourth-order valence-corrected chi connectivity index (χ4v) is 4.72. The van der Waals surface area contributed by atoms with Gasteiger partial charge in [-0.1, -0.05) is 0 Å². The predicted octanol–water partition coefficient (Wildman–Crippen LogP) is 4.24. The Balaban J connectivity index is 1.29. The Kier molecular flexibility index (Phi) is 6.01. The number of imidazole rings is 1. The van der Waals surface area contributed by atoms with Gasteiger partial charge in [-0.05, 0) is 43.7 Å². The summed E-state index contributed by atoms with van der Waals surface area (Å²) < 4.78 is 58.8. The lowest BCUT2D eigenvalue weighted by molar-refractivity contribution is 0.150. The summed E-state index contributed by atoms with van der Waals surface area (Å²) in [7, 11) is -3.40. The first-order valence-corrected chi connectivity index (χ1v) is 12.9. The first kappa shape index (κ1) is 23.4. The van der Waals surface area contributed by atoms with Crippen molar-refractivity contribution in [2.24, 2.45) is 5.92 Å². The fraction of sp³-hybridized carbons (Fsp3) is 0.348. The molecule has 3 aromatic heterocycles. The molecule has 35 heavy (non-hydrogen) atoms. The minimum Gasteiger partial charge on any atom is -0.335 e. The first-order valence-electron chi connectivity index (χ1n) is 11.1. The van der Waals surface area contributed by atoms with Gasteiger partial charge in [0, 0.05) is 30.2 Å². The number of benzene rings is 1. The lowest BCUT2D eigenvalue weighted by Gasteiger charge is -2.35. The topological polar surface area (TPSA) is 103 Å². The van der Waals surface area contributed by atoms with E-state index in [4.69, 9.17) is 4.18 Å². The van der Waals surface area contributed by atoms with Gasteiger partial charge in [0.15, 0.2) is 11.5 Å². The molecule has 12 heteroatoms. The monoisotopic (exact) mass is 502 g/mol. The van der Waals surface area contributed by atoms with Crippen molar-refractivity contribution < 1.29 is 21.4 Å². The highest BCUT2D eigenvalue weighted by Gasteiger charge is 2.31. The highest BCUT2D eigenvalue weighted by Crippen LogP contribution is 2.40. The zero-order chi connectivity index (χ0) is 24.7. The van der Waals surface area contributed by atoms with E-state index in [0.717, 1.165) is 30.9 Å². The van der Waals surface area contributed by atoms with Gasteiger partial charge >= 0.3 is 0 Å². The van der Waals surface area contributed by atoms with Gasteiger partial charge in [-0.3, -0.25) is 13.3 Å². The molecule has 1 saturated carbocycles. The number of anilines is 2. The summed E-state index contributed by atoms with van der Waals surface area (Å²) in [6.07, 6.45) is 11.9. The van der Waals surface area contributed by atoms with Crippen molar-refractivity contribution in [2.45, 2.75) is 32.2 Å². The average molecular weight is 503 g/mol. The molecule has 1 aliphatic carbocycles. The van der Waals surface area contributed by atoms with Crippen molar-refractivity contribution in [3.8, 4) is 11.3 Å². The molecule has 1 N–H and O–H groups in total. The normalized spacial score (nSPS) is 18.1. The molecule has 3 heterocycles. The third-order valence-electron chi connectivity index (χ3n) is 6.22. The number of aryl methyl sites for hydroxylation is 1. The van der Waals surface area contributed by atoms with Crippen LogP contribution in [0.1, 0.15) is 30.9 Å². The molecule has 1 aromatic carbocycles. The Morgan fingerprint density at radius 1 is 1.17 bits per heavy atom. The third kappa shape index (κ3) is 4.89. The molecule has 0 bridgehead atoms. The highest BCUT2D eigenvalue weighted by atomic mass is 32.2. The number of rotatable bonds is 8. The Hall–Kier alpha value is -3.38. The number of aromatic nitrogens is 5. The Bertz CT molecular complexity index is 1490. The van der Waals surface area contributed by atoms with Crippen LogP contribution in [-0.4, -0.2) is 45.4 Å². The van der Waals surface area contributed by atoms with Crippen LogP contribution in [0.4, 0.5) is 20.3 Å². The summed E-state index contributed by atoms with van der Waals surface area (Å²) >= 11 is 0. The molecular formula is C23H24F2N6O3S. The van der Waals surface area contributed by atoms with E-state index in [2.05, 4.69) is 20.4 Å². The lowest BCUT2D eigenvalue weighted by atomic mass is 9.78. The molecule has 0 saturated heterocycles. The molecule has 1 fully saturated rings. The smallest absolute Gasteiger partial charge is 0.264 e. The molecule has 0 spiro atoms. The van der Waals surface area contributed by atoms with Crippen LogP contribution in [0.5, 0.6) is 0 Å². The van der Waals surface area contributed by atoms with Crippen molar-refractivity contribution in [1.29, 1.82) is 0 Å². The summed E-state index contributed by atoms with van der Waals surface area (Å²) in [5.41, 5.74) is 2.25. The third-order valence-corrected chi connectivity index (χ3v) is 6.82. The number of hydrogen-bond acceptors (Lipinski definition) is 7. The zero-order valence-corrected chi connectivity index (χ0v) is 20.0. The summed E-state index contributed by atoms with van der Waals surface area (Å²) in [6, 6.07) is 2.56. The Labute approximate surface area is 200 Å². The molecule has 184 valence electrons. The number of nitrogens with one attached hydrogen (secondary N) is 1. The SMILES string of the molecule is Cc1cc(-c2cnc(Nc3cnn(C4CC(CCOS(C)(=O)=O)C4)c3)c3nccn23)c(F)cc1F. The fourth-order valence-electron chi connectivity index (χ4n) is 4.32. The molecule has 4 aromatic rings. The number of halogens is 2. The van der Waals surface area contributed by atoms with Crippen molar-refractivity contribution in [3.05, 3.63) is 60.3 Å². The van der Waals surface area contributed by atoms with Crippen LogP contribution in [0.3, 0.4) is 0 Å². The van der Waals surface area contributed by atoms with Crippen LogP contribution in [0, 0.1) is 24.5 Å². The van der Waals surface area contributed by atoms with Crippen molar-refractivity contribution in [1.82, 2.24) is 24.1 Å². The van der Waals surface area contributed by atoms with E-state index in [9.17, 15) is 17.2 Å². The molecule has 0 unspecified atom stereocenters. The summed E-state index contributed by atoms with van der Waals surface area (Å²) in [5.74, 6) is -0.400. The standard InChI is InChI=1S/C23H24F2N6O3S/c1-14-7-18(20(25)10-19(14)24)21-12-27-22(23-26-4-5-30(21)23)29-16-11-28-31(13-16)17-8-15(9-17)3-6-34-35(2,32)33/h4-5,7,10-13,15,17H,3,6,8-9H2,1-2H3,(H,27,29). The maximum Gasteiger partial charge on any atom is 0.264 e. The predicted molar refractivity (Wildman–Crippen MR) is 126 cm³/mol. The van der Waals surface area contributed by atoms with Crippen molar-refractivity contribution in [2.75, 3.05) is 18.2 Å². The van der Waals surface area contributed by atoms with Crippen LogP contribution >= 0.6 is 0 Å². The average Bonchev–Trinajstić information content (AvgIpc) is 3.42. The van der Waals surface area contributed by atoms with E-state index in [-0.39, 0.29) is 18.2 Å². The van der Waals surface area contributed by atoms with E-state index >= 15 is 0 Å². The van der Waals surface area contributed by atoms with Crippen LogP contribution in [-0.2, 0) is 14.3 Å². The summed E-state index contributed by atoms with van der Waals surface area (Å²) in [4.78, 5) is 8.80. The van der Waals surface area contributed by atoms with E-state index in [1.165, 1.54) is 12.3 Å². The second-order valence-corrected chi connectivity index (χ2v) is 10.5. The highest BCUT2D eigenvalue weighted by molar-refractivity contribution is 7.85. The Morgan fingerprint density at radius 3 is 2.74 bits per heavy atom. The first-order chi connectivity index (χ1) is 16.7. The van der Waals surface area contributed by atoms with E-state index < -0.39 is 21.8 Å². The number of nitrogens with zero attached hydrogens (tertiary/aromatic N) is 5. The van der Waals surface area contributed by atoms with Crippen LogP contribution < -0.4 is 5.32 Å². The minimum absolute atomic E-state index is 0.200. The molecule has 0 atom stereocenters. The van der Waals surface area contributed by atoms with Gasteiger partial charge in [0.25, 0.3) is 10.1 Å². The minimum atomic E-state index is -3.40. The molecular weight excluding hydrogens is 478 g/mol. The molecule has 0 aliphatic heterocycles. The molecule has 0 radical (unpaired) electrons. The second-order valence-electron chi connectivity index (χ2n) is 8.83. The van der Waals surface area contributed by atoms with Crippen LogP contribution in [0.25, 0.3) is 16.9 Å². The van der Waals surface area contributed by atoms with E-state index in [0.29, 0.717) is 35.1 Å². The molecule has 9 nitrogen and oxygen atoms in total. The number of fused-ring (bicyclic) bond motifs is 1. The summed E-state index contributed by atoms with van der Waals surface area (Å²) in [6.45, 7) is 1.78. The quantitative estimate of drug-likeness (QED) is 0.360. The van der Waals surface area contributed by atoms with Gasteiger partial charge in [-0.25, -0.2) is 18.7 Å². The van der Waals surface area contributed by atoms with Gasteiger partial charge in [-0.2, -0.15) is 13.5 Å². The molecule has 1 aliphatic rings. The molecule has 5 rings (SSSR count). The lowest BCUT2D eigenvalue weighted by Crippen LogP contribution is -2.28. The maximum absolute atomic E-state index is 14.5. The second kappa shape index (κ2) is 9.00. The van der Waals surface area contributed by atoms with E-state index in [1.54, 1.807) is 29.9 Å². The van der Waals surface area contributed by atoms with E-state index in [1.807, 2.05) is 10.9 Å². The number of hydrogen-bond donors (Lipinski definition) is 1. The van der Waals surface area contributed by atoms with Gasteiger partial charge in [0.05, 0.1) is 42.7 Å².